The van der Waals surface area contributed by atoms with Gasteiger partial charge in [-0.2, -0.15) is 0 Å². The molecule has 3 nitrogen and oxygen atoms in total. The van der Waals surface area contributed by atoms with E-state index in [1.165, 1.54) is 7.05 Å². The summed E-state index contributed by atoms with van der Waals surface area (Å²) < 4.78 is 66.2. The van der Waals surface area contributed by atoms with Crippen molar-refractivity contribution >= 4 is 5.91 Å². The Bertz CT molecular complexity index is 543. The molecule has 1 amide bonds. The fourth-order valence-electron chi connectivity index (χ4n) is 2.31. The number of nitrogens with one attached hydrogen (secondary N) is 1. The monoisotopic (exact) mass is 308 g/mol. The van der Waals surface area contributed by atoms with Crippen LogP contribution in [0.3, 0.4) is 0 Å². The summed E-state index contributed by atoms with van der Waals surface area (Å²) in [4.78, 5) is 12.9. The second-order valence-electron chi connectivity index (χ2n) is 4.92. The minimum atomic E-state index is -2.28. The molecule has 1 unspecified atom stereocenters. The van der Waals surface area contributed by atoms with E-state index in [2.05, 4.69) is 5.32 Å². The third-order valence-corrected chi connectivity index (χ3v) is 3.43. The van der Waals surface area contributed by atoms with Gasteiger partial charge in [0, 0.05) is 19.6 Å². The third kappa shape index (κ3) is 2.85. The van der Waals surface area contributed by atoms with Crippen LogP contribution < -0.4 is 5.32 Å². The van der Waals surface area contributed by atoms with Gasteiger partial charge >= 0.3 is 0 Å². The maximum absolute atomic E-state index is 13.5. The van der Waals surface area contributed by atoms with Gasteiger partial charge in [0.1, 0.15) is 5.56 Å². The van der Waals surface area contributed by atoms with Gasteiger partial charge in [-0.05, 0) is 19.4 Å². The summed E-state index contributed by atoms with van der Waals surface area (Å²) in [6.45, 7) is 0.882. The SMILES string of the molecule is CN(CC1CCCN1)C(=O)c1c(F)c(F)c(F)c(F)c1F. The zero-order chi connectivity index (χ0) is 15.7. The van der Waals surface area contributed by atoms with Crippen molar-refractivity contribution in [3.05, 3.63) is 34.6 Å². The van der Waals surface area contributed by atoms with Crippen LogP contribution in [0.4, 0.5) is 22.0 Å². The van der Waals surface area contributed by atoms with E-state index in [0.717, 1.165) is 24.3 Å². The van der Waals surface area contributed by atoms with E-state index in [-0.39, 0.29) is 12.6 Å². The Morgan fingerprint density at radius 1 is 1.10 bits per heavy atom. The smallest absolute Gasteiger partial charge is 0.259 e. The first-order valence-electron chi connectivity index (χ1n) is 6.34. The minimum Gasteiger partial charge on any atom is -0.340 e. The molecule has 0 spiro atoms. The molecule has 0 aliphatic carbocycles. The molecule has 2 rings (SSSR count). The van der Waals surface area contributed by atoms with Crippen molar-refractivity contribution in [2.75, 3.05) is 20.1 Å². The first kappa shape index (κ1) is 15.7. The lowest BCUT2D eigenvalue weighted by Gasteiger charge is -2.22. The summed E-state index contributed by atoms with van der Waals surface area (Å²) in [5.41, 5.74) is -1.42. The first-order valence-corrected chi connectivity index (χ1v) is 6.34. The Balaban J connectivity index is 2.30. The van der Waals surface area contributed by atoms with Gasteiger partial charge in [0.25, 0.3) is 5.91 Å². The summed E-state index contributed by atoms with van der Waals surface area (Å²) in [5, 5.41) is 3.07. The van der Waals surface area contributed by atoms with Crippen LogP contribution >= 0.6 is 0 Å². The highest BCUT2D eigenvalue weighted by Crippen LogP contribution is 2.24. The normalized spacial score (nSPS) is 18.1. The van der Waals surface area contributed by atoms with Gasteiger partial charge in [0.05, 0.1) is 0 Å². The number of carbonyl (C=O) groups is 1. The number of rotatable bonds is 3. The van der Waals surface area contributed by atoms with Crippen LogP contribution in [0.5, 0.6) is 0 Å². The molecular weight excluding hydrogens is 295 g/mol. The summed E-state index contributed by atoms with van der Waals surface area (Å²) in [6.07, 6.45) is 1.67. The van der Waals surface area contributed by atoms with Crippen LogP contribution in [0.1, 0.15) is 23.2 Å². The Labute approximate surface area is 117 Å². The lowest BCUT2D eigenvalue weighted by atomic mass is 10.1. The van der Waals surface area contributed by atoms with E-state index in [0.29, 0.717) is 0 Å². The standard InChI is InChI=1S/C13H13F5N2O/c1-20(5-6-3-2-4-19-6)13(21)7-8(14)10(16)12(18)11(17)9(7)15/h6,19H,2-5H2,1H3. The predicted molar refractivity (Wildman–Crippen MR) is 64.2 cm³/mol. The van der Waals surface area contributed by atoms with Gasteiger partial charge in [-0.3, -0.25) is 4.79 Å². The summed E-state index contributed by atoms with van der Waals surface area (Å²) >= 11 is 0. The molecular formula is C13H13F5N2O. The molecule has 1 heterocycles. The molecule has 1 aromatic rings. The quantitative estimate of drug-likeness (QED) is 0.527. The number of likely N-dealkylation sites (N-methyl/N-ethyl adjacent to an activating group) is 1. The molecule has 21 heavy (non-hydrogen) atoms. The molecule has 0 radical (unpaired) electrons. The van der Waals surface area contributed by atoms with Crippen molar-refractivity contribution in [1.29, 1.82) is 0 Å². The number of hydrogen-bond donors (Lipinski definition) is 1. The first-order chi connectivity index (χ1) is 9.84. The van der Waals surface area contributed by atoms with Crippen LogP contribution in [-0.2, 0) is 0 Å². The van der Waals surface area contributed by atoms with Gasteiger partial charge in [-0.25, -0.2) is 22.0 Å². The largest absolute Gasteiger partial charge is 0.340 e. The zero-order valence-corrected chi connectivity index (χ0v) is 11.2. The molecule has 1 fully saturated rings. The van der Waals surface area contributed by atoms with Crippen LogP contribution in [-0.4, -0.2) is 37.0 Å². The number of nitrogens with zero attached hydrogens (tertiary/aromatic N) is 1. The van der Waals surface area contributed by atoms with Gasteiger partial charge in [-0.1, -0.05) is 0 Å². The number of halogens is 5. The van der Waals surface area contributed by atoms with E-state index in [9.17, 15) is 26.7 Å². The number of carbonyl (C=O) groups excluding carboxylic acids is 1. The number of amides is 1. The predicted octanol–water partition coefficient (Wildman–Crippen LogP) is 2.21. The van der Waals surface area contributed by atoms with Crippen molar-refractivity contribution < 1.29 is 26.7 Å². The highest BCUT2D eigenvalue weighted by atomic mass is 19.2. The topological polar surface area (TPSA) is 32.3 Å². The Morgan fingerprint density at radius 2 is 1.62 bits per heavy atom. The van der Waals surface area contributed by atoms with Crippen LogP contribution in [0.25, 0.3) is 0 Å². The highest BCUT2D eigenvalue weighted by Gasteiger charge is 2.32. The zero-order valence-electron chi connectivity index (χ0n) is 11.2. The van der Waals surface area contributed by atoms with Gasteiger partial charge in [0.2, 0.25) is 5.82 Å². The second kappa shape index (κ2) is 5.97. The Hall–Kier alpha value is -1.70. The van der Waals surface area contributed by atoms with Gasteiger partial charge in [-0.15, -0.1) is 0 Å². The average molecular weight is 308 g/mol. The minimum absolute atomic E-state index is 0.0554. The van der Waals surface area contributed by atoms with Gasteiger partial charge in [0.15, 0.2) is 23.3 Å². The number of benzene rings is 1. The average Bonchev–Trinajstić information content (AvgIpc) is 2.96. The molecule has 0 aromatic heterocycles. The van der Waals surface area contributed by atoms with Crippen LogP contribution in [0, 0.1) is 29.1 Å². The van der Waals surface area contributed by atoms with E-state index < -0.39 is 40.6 Å². The lowest BCUT2D eigenvalue weighted by Crippen LogP contribution is -2.39. The van der Waals surface area contributed by atoms with Crippen molar-refractivity contribution in [3.8, 4) is 0 Å². The van der Waals surface area contributed by atoms with Crippen molar-refractivity contribution in [3.63, 3.8) is 0 Å². The van der Waals surface area contributed by atoms with E-state index in [4.69, 9.17) is 0 Å². The fourth-order valence-corrected chi connectivity index (χ4v) is 2.31. The van der Waals surface area contributed by atoms with E-state index in [1.54, 1.807) is 0 Å². The van der Waals surface area contributed by atoms with Crippen molar-refractivity contribution in [2.24, 2.45) is 0 Å². The third-order valence-electron chi connectivity index (χ3n) is 3.43. The van der Waals surface area contributed by atoms with E-state index >= 15 is 0 Å². The van der Waals surface area contributed by atoms with Crippen LogP contribution in [0.2, 0.25) is 0 Å². The Morgan fingerprint density at radius 3 is 2.10 bits per heavy atom. The maximum atomic E-state index is 13.5. The fraction of sp³-hybridized carbons (Fsp3) is 0.462. The second-order valence-corrected chi connectivity index (χ2v) is 4.92. The Kier molecular flexibility index (Phi) is 4.46. The van der Waals surface area contributed by atoms with Crippen molar-refractivity contribution in [2.45, 2.75) is 18.9 Å². The summed E-state index contributed by atoms with van der Waals surface area (Å²) in [5.74, 6) is -12.0. The highest BCUT2D eigenvalue weighted by molar-refractivity contribution is 5.94. The molecule has 8 heteroatoms. The molecule has 0 saturated carbocycles. The molecule has 1 atom stereocenters. The maximum Gasteiger partial charge on any atom is 0.259 e. The van der Waals surface area contributed by atoms with Crippen LogP contribution in [0.15, 0.2) is 0 Å². The lowest BCUT2D eigenvalue weighted by molar-refractivity contribution is 0.0770. The van der Waals surface area contributed by atoms with E-state index in [1.807, 2.05) is 0 Å². The van der Waals surface area contributed by atoms with Gasteiger partial charge < -0.3 is 10.2 Å². The number of hydrogen-bond acceptors (Lipinski definition) is 2. The molecule has 1 saturated heterocycles. The molecule has 1 aliphatic rings. The molecule has 116 valence electrons. The van der Waals surface area contributed by atoms with Crippen molar-refractivity contribution in [1.82, 2.24) is 10.2 Å². The molecule has 1 aliphatic heterocycles. The summed E-state index contributed by atoms with van der Waals surface area (Å²) in [7, 11) is 1.25. The molecule has 1 N–H and O–H groups in total. The summed E-state index contributed by atoms with van der Waals surface area (Å²) in [6, 6.07) is -0.0554. The molecule has 1 aromatic carbocycles. The molecule has 0 bridgehead atoms.